The normalized spacial score (nSPS) is 21.2. The molecule has 1 aromatic carbocycles. The summed E-state index contributed by atoms with van der Waals surface area (Å²) in [5.41, 5.74) is 2.58. The third-order valence-corrected chi connectivity index (χ3v) is 6.44. The van der Waals surface area contributed by atoms with Crippen LogP contribution < -0.4 is 0 Å². The van der Waals surface area contributed by atoms with Crippen molar-refractivity contribution in [3.05, 3.63) is 58.2 Å². The molecule has 7 heteroatoms. The van der Waals surface area contributed by atoms with E-state index in [1.165, 1.54) is 23.5 Å². The Morgan fingerprint density at radius 3 is 2.81 bits per heavy atom. The Morgan fingerprint density at radius 2 is 2.07 bits per heavy atom. The molecule has 1 saturated heterocycles. The lowest BCUT2D eigenvalue weighted by atomic mass is 9.86. The number of fused-ring (bicyclic) bond motifs is 1. The number of halogens is 1. The summed E-state index contributed by atoms with van der Waals surface area (Å²) in [5, 5.41) is 2.76. The molecule has 5 rings (SSSR count). The number of aryl methyl sites for hydroxylation is 1. The number of carbonyl (C=O) groups excluding carboxylic acids is 1. The molecule has 2 aliphatic heterocycles. The fourth-order valence-electron chi connectivity index (χ4n) is 4.31. The van der Waals surface area contributed by atoms with Crippen LogP contribution in [-0.4, -0.2) is 38.4 Å². The van der Waals surface area contributed by atoms with Crippen LogP contribution in [0.3, 0.4) is 0 Å². The van der Waals surface area contributed by atoms with Crippen molar-refractivity contribution in [2.75, 3.05) is 13.1 Å². The molecule has 4 heterocycles. The number of hydrogen-bond acceptors (Lipinski definition) is 4. The molecule has 3 aromatic rings. The maximum atomic E-state index is 13.2. The van der Waals surface area contributed by atoms with Crippen molar-refractivity contribution < 1.29 is 9.18 Å². The summed E-state index contributed by atoms with van der Waals surface area (Å²) in [5.74, 6) is 0.839. The van der Waals surface area contributed by atoms with Gasteiger partial charge in [-0.1, -0.05) is 0 Å². The maximum Gasteiger partial charge on any atom is 0.273 e. The molecule has 5 nitrogen and oxygen atoms in total. The Labute approximate surface area is 160 Å². The van der Waals surface area contributed by atoms with Crippen LogP contribution in [0.4, 0.5) is 4.39 Å². The molecule has 0 aliphatic carbocycles. The van der Waals surface area contributed by atoms with Crippen molar-refractivity contribution in [3.63, 3.8) is 0 Å². The van der Waals surface area contributed by atoms with E-state index in [2.05, 4.69) is 14.5 Å². The van der Waals surface area contributed by atoms with Crippen LogP contribution in [-0.2, 0) is 13.0 Å². The molecule has 0 bridgehead atoms. The summed E-state index contributed by atoms with van der Waals surface area (Å²) in [6, 6.07) is 6.54. The first-order chi connectivity index (χ1) is 13.0. The smallest absolute Gasteiger partial charge is 0.273 e. The first kappa shape index (κ1) is 16.6. The van der Waals surface area contributed by atoms with Gasteiger partial charge in [-0.2, -0.15) is 0 Å². The standard InChI is InChI=1S/C20H19FN4OS/c1-13-23-16(10-27-13)19(26)24-7-6-20(11-24)8-18-22-9-17(25(18)12-20)14-2-4-15(21)5-3-14/h2-5,9-10H,6-8,11-12H2,1H3/t20-/m0/s1. The number of imidazole rings is 1. The number of thiazole rings is 1. The SMILES string of the molecule is Cc1nc(C(=O)N2CC[C@]3(Cc4ncc(-c5ccc(F)cc5)n4C3)C2)cs1. The summed E-state index contributed by atoms with van der Waals surface area (Å²) in [6.07, 6.45) is 3.70. The van der Waals surface area contributed by atoms with Gasteiger partial charge in [0.2, 0.25) is 0 Å². The lowest BCUT2D eigenvalue weighted by molar-refractivity contribution is 0.0766. The third-order valence-electron chi connectivity index (χ3n) is 5.67. The highest BCUT2D eigenvalue weighted by Gasteiger charge is 2.46. The van der Waals surface area contributed by atoms with E-state index in [0.717, 1.165) is 54.6 Å². The van der Waals surface area contributed by atoms with Gasteiger partial charge in [-0.05, 0) is 43.2 Å². The number of amides is 1. The van der Waals surface area contributed by atoms with Crippen molar-refractivity contribution in [2.45, 2.75) is 26.3 Å². The Bertz CT molecular complexity index is 1030. The monoisotopic (exact) mass is 382 g/mol. The van der Waals surface area contributed by atoms with Crippen molar-refractivity contribution in [2.24, 2.45) is 5.41 Å². The number of rotatable bonds is 2. The van der Waals surface area contributed by atoms with Crippen molar-refractivity contribution in [1.29, 1.82) is 0 Å². The van der Waals surface area contributed by atoms with Crippen molar-refractivity contribution >= 4 is 17.2 Å². The highest BCUT2D eigenvalue weighted by Crippen LogP contribution is 2.42. The van der Waals surface area contributed by atoms with E-state index in [1.54, 1.807) is 12.1 Å². The van der Waals surface area contributed by atoms with Crippen LogP contribution in [0.25, 0.3) is 11.3 Å². The Kier molecular flexibility index (Phi) is 3.69. The number of carbonyl (C=O) groups is 1. The number of hydrogen-bond donors (Lipinski definition) is 0. The summed E-state index contributed by atoms with van der Waals surface area (Å²) >= 11 is 1.51. The second-order valence-electron chi connectivity index (χ2n) is 7.56. The van der Waals surface area contributed by atoms with Crippen molar-refractivity contribution in [3.8, 4) is 11.3 Å². The summed E-state index contributed by atoms with van der Waals surface area (Å²) in [4.78, 5) is 23.6. The first-order valence-electron chi connectivity index (χ1n) is 9.05. The minimum Gasteiger partial charge on any atom is -0.337 e. The average molecular weight is 382 g/mol. The molecular formula is C20H19FN4OS. The van der Waals surface area contributed by atoms with Gasteiger partial charge in [-0.15, -0.1) is 11.3 Å². The van der Waals surface area contributed by atoms with Gasteiger partial charge in [-0.3, -0.25) is 4.79 Å². The number of benzene rings is 1. The molecule has 2 aliphatic rings. The van der Waals surface area contributed by atoms with E-state index >= 15 is 0 Å². The summed E-state index contributed by atoms with van der Waals surface area (Å²) < 4.78 is 15.5. The molecule has 138 valence electrons. The van der Waals surface area contributed by atoms with Crippen LogP contribution in [0.15, 0.2) is 35.8 Å². The summed E-state index contributed by atoms with van der Waals surface area (Å²) in [7, 11) is 0. The molecule has 0 saturated carbocycles. The van der Waals surface area contributed by atoms with Gasteiger partial charge in [0.25, 0.3) is 5.91 Å². The third kappa shape index (κ3) is 2.77. The second kappa shape index (κ2) is 5.99. The Hall–Kier alpha value is -2.54. The molecule has 0 radical (unpaired) electrons. The molecule has 1 amide bonds. The number of likely N-dealkylation sites (tertiary alicyclic amines) is 1. The average Bonchev–Trinajstić information content (AvgIpc) is 3.41. The van der Waals surface area contributed by atoms with Crippen molar-refractivity contribution in [1.82, 2.24) is 19.4 Å². The van der Waals surface area contributed by atoms with E-state index in [1.807, 2.05) is 23.4 Å². The number of aromatic nitrogens is 3. The lowest BCUT2D eigenvalue weighted by Crippen LogP contribution is -2.33. The fourth-order valence-corrected chi connectivity index (χ4v) is 4.90. The van der Waals surface area contributed by atoms with Gasteiger partial charge in [-0.25, -0.2) is 14.4 Å². The molecule has 1 spiro atoms. The van der Waals surface area contributed by atoms with Crippen LogP contribution >= 0.6 is 11.3 Å². The zero-order chi connectivity index (χ0) is 18.6. The quantitative estimate of drug-likeness (QED) is 0.681. The molecule has 27 heavy (non-hydrogen) atoms. The topological polar surface area (TPSA) is 51.0 Å². The molecule has 1 fully saturated rings. The maximum absolute atomic E-state index is 13.2. The van der Waals surface area contributed by atoms with E-state index in [4.69, 9.17) is 0 Å². The van der Waals surface area contributed by atoms with Gasteiger partial charge < -0.3 is 9.47 Å². The van der Waals surface area contributed by atoms with Gasteiger partial charge in [0.15, 0.2) is 0 Å². The largest absolute Gasteiger partial charge is 0.337 e. The summed E-state index contributed by atoms with van der Waals surface area (Å²) in [6.45, 7) is 4.25. The van der Waals surface area contributed by atoms with Crippen LogP contribution in [0.2, 0.25) is 0 Å². The Morgan fingerprint density at radius 1 is 1.26 bits per heavy atom. The van der Waals surface area contributed by atoms with E-state index < -0.39 is 0 Å². The number of nitrogens with zero attached hydrogens (tertiary/aromatic N) is 4. The van der Waals surface area contributed by atoms with Crippen LogP contribution in [0.1, 0.15) is 27.7 Å². The van der Waals surface area contributed by atoms with Gasteiger partial charge in [0, 0.05) is 36.9 Å². The molecule has 1 atom stereocenters. The lowest BCUT2D eigenvalue weighted by Gasteiger charge is -2.23. The molecule has 0 unspecified atom stereocenters. The van der Waals surface area contributed by atoms with Gasteiger partial charge >= 0.3 is 0 Å². The van der Waals surface area contributed by atoms with E-state index in [-0.39, 0.29) is 17.1 Å². The molecular weight excluding hydrogens is 363 g/mol. The minimum atomic E-state index is -0.237. The second-order valence-corrected chi connectivity index (χ2v) is 8.62. The zero-order valence-electron chi connectivity index (χ0n) is 15.0. The predicted molar refractivity (Wildman–Crippen MR) is 101 cm³/mol. The van der Waals surface area contributed by atoms with Crippen LogP contribution in [0.5, 0.6) is 0 Å². The molecule has 2 aromatic heterocycles. The van der Waals surface area contributed by atoms with Crippen LogP contribution in [0, 0.1) is 18.2 Å². The highest BCUT2D eigenvalue weighted by atomic mass is 32.1. The van der Waals surface area contributed by atoms with Gasteiger partial charge in [0.05, 0.1) is 16.9 Å². The van der Waals surface area contributed by atoms with Gasteiger partial charge in [0.1, 0.15) is 17.3 Å². The zero-order valence-corrected chi connectivity index (χ0v) is 15.8. The van der Waals surface area contributed by atoms with E-state index in [9.17, 15) is 9.18 Å². The Balaban J connectivity index is 1.37. The fraction of sp³-hybridized carbons (Fsp3) is 0.350. The first-order valence-corrected chi connectivity index (χ1v) is 9.93. The highest BCUT2D eigenvalue weighted by molar-refractivity contribution is 7.09. The predicted octanol–water partition coefficient (Wildman–Crippen LogP) is 3.54. The van der Waals surface area contributed by atoms with E-state index in [0.29, 0.717) is 5.69 Å². The minimum absolute atomic E-state index is 0.0273. The molecule has 0 N–H and O–H groups in total.